The van der Waals surface area contributed by atoms with Crippen molar-refractivity contribution < 1.29 is 18.7 Å². The Morgan fingerprint density at radius 1 is 1.08 bits per heavy atom. The van der Waals surface area contributed by atoms with Crippen molar-refractivity contribution in [2.75, 3.05) is 25.5 Å². The first-order valence-corrected chi connectivity index (χ1v) is 7.43. The van der Waals surface area contributed by atoms with Crippen molar-refractivity contribution in [3.63, 3.8) is 0 Å². The predicted molar refractivity (Wildman–Crippen MR) is 89.3 cm³/mol. The molecule has 1 N–H and O–H groups in total. The molecule has 0 bridgehead atoms. The van der Waals surface area contributed by atoms with E-state index in [1.165, 1.54) is 36.2 Å². The molecule has 2 amide bonds. The minimum Gasteiger partial charge on any atom is -0.484 e. The standard InChI is InChI=1S/C18H19FN2O3/c1-13-3-9-16(10-4-13)24-12-18(23)21(2)11-17(22)20-15-7-5-14(19)6-8-15/h3-10H,11-12H2,1-2H3,(H,20,22). The molecule has 6 heteroatoms. The van der Waals surface area contributed by atoms with Crippen LogP contribution in [0.4, 0.5) is 10.1 Å². The lowest BCUT2D eigenvalue weighted by Crippen LogP contribution is -2.37. The summed E-state index contributed by atoms with van der Waals surface area (Å²) in [5.74, 6) is -0.468. The Kier molecular flexibility index (Phi) is 5.89. The fourth-order valence-electron chi connectivity index (χ4n) is 1.93. The van der Waals surface area contributed by atoms with E-state index >= 15 is 0 Å². The molecule has 2 aromatic rings. The molecule has 0 aliphatic carbocycles. The summed E-state index contributed by atoms with van der Waals surface area (Å²) >= 11 is 0. The number of amides is 2. The first kappa shape index (κ1) is 17.5. The number of carbonyl (C=O) groups excluding carboxylic acids is 2. The molecule has 2 aromatic carbocycles. The number of rotatable bonds is 6. The highest BCUT2D eigenvalue weighted by molar-refractivity contribution is 5.94. The van der Waals surface area contributed by atoms with Crippen molar-refractivity contribution in [2.45, 2.75) is 6.92 Å². The topological polar surface area (TPSA) is 58.6 Å². The van der Waals surface area contributed by atoms with Gasteiger partial charge in [0.2, 0.25) is 5.91 Å². The van der Waals surface area contributed by atoms with Crippen LogP contribution in [0.3, 0.4) is 0 Å². The molecule has 126 valence electrons. The van der Waals surface area contributed by atoms with Crippen molar-refractivity contribution >= 4 is 17.5 Å². The number of aryl methyl sites for hydroxylation is 1. The Labute approximate surface area is 140 Å². The van der Waals surface area contributed by atoms with E-state index < -0.39 is 0 Å². The van der Waals surface area contributed by atoms with Gasteiger partial charge in [0.1, 0.15) is 11.6 Å². The maximum atomic E-state index is 12.8. The molecule has 0 fully saturated rings. The Hall–Kier alpha value is -2.89. The van der Waals surface area contributed by atoms with Crippen molar-refractivity contribution in [2.24, 2.45) is 0 Å². The summed E-state index contributed by atoms with van der Waals surface area (Å²) < 4.78 is 18.2. The Balaban J connectivity index is 1.78. The van der Waals surface area contributed by atoms with Crippen LogP contribution in [0, 0.1) is 12.7 Å². The van der Waals surface area contributed by atoms with Gasteiger partial charge < -0.3 is 15.0 Å². The summed E-state index contributed by atoms with van der Waals surface area (Å²) in [5, 5.41) is 2.59. The fraction of sp³-hybridized carbons (Fsp3) is 0.222. The second-order valence-electron chi connectivity index (χ2n) is 5.41. The zero-order valence-electron chi connectivity index (χ0n) is 13.6. The van der Waals surface area contributed by atoms with E-state index in [4.69, 9.17) is 4.74 Å². The SMILES string of the molecule is Cc1ccc(OCC(=O)N(C)CC(=O)Nc2ccc(F)cc2)cc1. The van der Waals surface area contributed by atoms with E-state index in [1.54, 1.807) is 12.1 Å². The molecule has 5 nitrogen and oxygen atoms in total. The first-order chi connectivity index (χ1) is 11.4. The molecular weight excluding hydrogens is 311 g/mol. The largest absolute Gasteiger partial charge is 0.484 e. The number of benzene rings is 2. The van der Waals surface area contributed by atoms with E-state index in [0.717, 1.165) is 5.56 Å². The number of carbonyl (C=O) groups is 2. The third kappa shape index (κ3) is 5.39. The van der Waals surface area contributed by atoms with Gasteiger partial charge in [0.05, 0.1) is 6.54 Å². The van der Waals surface area contributed by atoms with E-state index in [0.29, 0.717) is 11.4 Å². The van der Waals surface area contributed by atoms with E-state index in [1.807, 2.05) is 19.1 Å². The molecule has 0 atom stereocenters. The van der Waals surface area contributed by atoms with Crippen molar-refractivity contribution in [1.29, 1.82) is 0 Å². The number of halogens is 1. The van der Waals surface area contributed by atoms with Crippen LogP contribution >= 0.6 is 0 Å². The van der Waals surface area contributed by atoms with Crippen molar-refractivity contribution in [3.8, 4) is 5.75 Å². The fourth-order valence-corrected chi connectivity index (χ4v) is 1.93. The second kappa shape index (κ2) is 8.10. The van der Waals surface area contributed by atoms with Gasteiger partial charge in [0, 0.05) is 12.7 Å². The summed E-state index contributed by atoms with van der Waals surface area (Å²) in [7, 11) is 1.52. The Morgan fingerprint density at radius 3 is 2.33 bits per heavy atom. The molecule has 0 unspecified atom stereocenters. The number of anilines is 1. The molecule has 2 rings (SSSR count). The molecule has 0 aliphatic rings. The second-order valence-corrected chi connectivity index (χ2v) is 5.41. The number of nitrogens with zero attached hydrogens (tertiary/aromatic N) is 1. The highest BCUT2D eigenvalue weighted by Crippen LogP contribution is 2.11. The number of ether oxygens (including phenoxy) is 1. The van der Waals surface area contributed by atoms with Gasteiger partial charge in [-0.2, -0.15) is 0 Å². The molecule has 0 spiro atoms. The van der Waals surface area contributed by atoms with Gasteiger partial charge in [0.25, 0.3) is 5.91 Å². The summed E-state index contributed by atoms with van der Waals surface area (Å²) in [6.45, 7) is 1.69. The maximum absolute atomic E-state index is 12.8. The lowest BCUT2D eigenvalue weighted by molar-refractivity contribution is -0.135. The smallest absolute Gasteiger partial charge is 0.260 e. The monoisotopic (exact) mass is 330 g/mol. The number of hydrogen-bond donors (Lipinski definition) is 1. The summed E-state index contributed by atoms with van der Waals surface area (Å²) in [4.78, 5) is 25.1. The van der Waals surface area contributed by atoms with Crippen LogP contribution in [0.15, 0.2) is 48.5 Å². The minimum atomic E-state index is -0.381. The van der Waals surface area contributed by atoms with Crippen LogP contribution in [-0.2, 0) is 9.59 Å². The van der Waals surface area contributed by atoms with E-state index in [9.17, 15) is 14.0 Å². The summed E-state index contributed by atoms with van der Waals surface area (Å²) in [6.07, 6.45) is 0. The zero-order chi connectivity index (χ0) is 17.5. The molecule has 0 saturated carbocycles. The van der Waals surface area contributed by atoms with Crippen LogP contribution in [0.1, 0.15) is 5.56 Å². The number of likely N-dealkylation sites (N-methyl/N-ethyl adjacent to an activating group) is 1. The summed E-state index contributed by atoms with van der Waals surface area (Å²) in [6, 6.07) is 12.7. The van der Waals surface area contributed by atoms with Gasteiger partial charge in [-0.15, -0.1) is 0 Å². The molecule has 0 saturated heterocycles. The predicted octanol–water partition coefficient (Wildman–Crippen LogP) is 2.61. The number of nitrogens with one attached hydrogen (secondary N) is 1. The Bertz CT molecular complexity index is 699. The van der Waals surface area contributed by atoms with Crippen LogP contribution in [-0.4, -0.2) is 36.9 Å². The van der Waals surface area contributed by atoms with Gasteiger partial charge in [-0.05, 0) is 43.3 Å². The van der Waals surface area contributed by atoms with E-state index in [2.05, 4.69) is 5.32 Å². The summed E-state index contributed by atoms with van der Waals surface area (Å²) in [5.41, 5.74) is 1.57. The number of hydrogen-bond acceptors (Lipinski definition) is 3. The molecule has 0 heterocycles. The van der Waals surface area contributed by atoms with Crippen LogP contribution in [0.25, 0.3) is 0 Å². The normalized spacial score (nSPS) is 10.1. The third-order valence-corrected chi connectivity index (χ3v) is 3.32. The van der Waals surface area contributed by atoms with Gasteiger partial charge in [-0.3, -0.25) is 9.59 Å². The zero-order valence-corrected chi connectivity index (χ0v) is 13.6. The molecule has 0 aliphatic heterocycles. The third-order valence-electron chi connectivity index (χ3n) is 3.32. The van der Waals surface area contributed by atoms with Crippen LogP contribution in [0.5, 0.6) is 5.75 Å². The first-order valence-electron chi connectivity index (χ1n) is 7.43. The van der Waals surface area contributed by atoms with Crippen molar-refractivity contribution in [1.82, 2.24) is 4.90 Å². The van der Waals surface area contributed by atoms with Gasteiger partial charge in [-0.25, -0.2) is 4.39 Å². The average Bonchev–Trinajstić information content (AvgIpc) is 2.56. The van der Waals surface area contributed by atoms with Crippen LogP contribution < -0.4 is 10.1 Å². The van der Waals surface area contributed by atoms with Gasteiger partial charge in [0.15, 0.2) is 6.61 Å². The lowest BCUT2D eigenvalue weighted by Gasteiger charge is -2.17. The molecular formula is C18H19FN2O3. The molecule has 0 radical (unpaired) electrons. The quantitative estimate of drug-likeness (QED) is 0.886. The maximum Gasteiger partial charge on any atom is 0.260 e. The van der Waals surface area contributed by atoms with Crippen molar-refractivity contribution in [3.05, 3.63) is 59.9 Å². The minimum absolute atomic E-state index is 0.118. The van der Waals surface area contributed by atoms with E-state index in [-0.39, 0.29) is 30.8 Å². The highest BCUT2D eigenvalue weighted by atomic mass is 19.1. The molecule has 24 heavy (non-hydrogen) atoms. The lowest BCUT2D eigenvalue weighted by atomic mass is 10.2. The van der Waals surface area contributed by atoms with Gasteiger partial charge >= 0.3 is 0 Å². The average molecular weight is 330 g/mol. The van der Waals surface area contributed by atoms with Gasteiger partial charge in [-0.1, -0.05) is 17.7 Å². The van der Waals surface area contributed by atoms with Crippen LogP contribution in [0.2, 0.25) is 0 Å². The molecule has 0 aromatic heterocycles. The Morgan fingerprint density at radius 2 is 1.71 bits per heavy atom. The highest BCUT2D eigenvalue weighted by Gasteiger charge is 2.13.